The summed E-state index contributed by atoms with van der Waals surface area (Å²) in [4.78, 5) is 17.8. The van der Waals surface area contributed by atoms with E-state index < -0.39 is 0 Å². The number of aliphatic imine (C=N–C) groups is 1. The number of pyridine rings is 2. The topological polar surface area (TPSA) is 65.9 Å². The van der Waals surface area contributed by atoms with E-state index >= 15 is 0 Å². The fourth-order valence-electron chi connectivity index (χ4n) is 3.55. The molecule has 160 valence electrons. The lowest BCUT2D eigenvalue weighted by Gasteiger charge is -2.37. The van der Waals surface area contributed by atoms with Crippen LogP contribution in [0.1, 0.15) is 11.3 Å². The van der Waals surface area contributed by atoms with Crippen molar-refractivity contribution in [2.75, 3.05) is 38.1 Å². The van der Waals surface area contributed by atoms with Crippen LogP contribution in [-0.2, 0) is 13.2 Å². The maximum absolute atomic E-state index is 5.81. The fourth-order valence-corrected chi connectivity index (χ4v) is 3.55. The summed E-state index contributed by atoms with van der Waals surface area (Å²) < 4.78 is 5.81. The highest BCUT2D eigenvalue weighted by Crippen LogP contribution is 2.15. The molecular weight excluding hydrogens is 388 g/mol. The van der Waals surface area contributed by atoms with Crippen LogP contribution < -0.4 is 15.0 Å². The monoisotopic (exact) mass is 416 g/mol. The molecule has 31 heavy (non-hydrogen) atoms. The first-order chi connectivity index (χ1) is 15.3. The molecule has 0 aliphatic carbocycles. The Labute approximate surface area is 183 Å². The van der Waals surface area contributed by atoms with Gasteiger partial charge in [0.25, 0.3) is 0 Å². The van der Waals surface area contributed by atoms with Gasteiger partial charge in [-0.2, -0.15) is 0 Å². The Morgan fingerprint density at radius 2 is 1.68 bits per heavy atom. The summed E-state index contributed by atoms with van der Waals surface area (Å²) in [6.07, 6.45) is 3.62. The summed E-state index contributed by atoms with van der Waals surface area (Å²) in [5.41, 5.74) is 2.10. The predicted octanol–water partition coefficient (Wildman–Crippen LogP) is 2.95. The van der Waals surface area contributed by atoms with Crippen LogP contribution in [0.3, 0.4) is 0 Å². The first kappa shape index (κ1) is 20.7. The minimum Gasteiger partial charge on any atom is -0.487 e. The number of nitrogens with one attached hydrogen (secondary N) is 1. The van der Waals surface area contributed by atoms with Crippen molar-refractivity contribution in [3.63, 3.8) is 0 Å². The van der Waals surface area contributed by atoms with E-state index in [9.17, 15) is 0 Å². The van der Waals surface area contributed by atoms with Gasteiger partial charge < -0.3 is 19.9 Å². The molecule has 3 heterocycles. The molecule has 0 unspecified atom stereocenters. The minimum absolute atomic E-state index is 0.468. The smallest absolute Gasteiger partial charge is 0.194 e. The van der Waals surface area contributed by atoms with Gasteiger partial charge in [-0.3, -0.25) is 9.98 Å². The lowest BCUT2D eigenvalue weighted by molar-refractivity contribution is 0.301. The third-order valence-electron chi connectivity index (χ3n) is 5.25. The van der Waals surface area contributed by atoms with Gasteiger partial charge in [0.05, 0.1) is 5.69 Å². The lowest BCUT2D eigenvalue weighted by Crippen LogP contribution is -2.52. The van der Waals surface area contributed by atoms with Gasteiger partial charge in [0.15, 0.2) is 5.96 Å². The van der Waals surface area contributed by atoms with Gasteiger partial charge in [-0.05, 0) is 42.0 Å². The number of piperazine rings is 1. The second-order valence-corrected chi connectivity index (χ2v) is 7.32. The van der Waals surface area contributed by atoms with Crippen molar-refractivity contribution in [1.82, 2.24) is 20.2 Å². The summed E-state index contributed by atoms with van der Waals surface area (Å²) in [6.45, 7) is 4.87. The van der Waals surface area contributed by atoms with Gasteiger partial charge in [-0.15, -0.1) is 0 Å². The maximum atomic E-state index is 5.81. The van der Waals surface area contributed by atoms with Crippen molar-refractivity contribution in [2.45, 2.75) is 13.2 Å². The van der Waals surface area contributed by atoms with E-state index in [1.54, 1.807) is 6.20 Å². The number of ether oxygens (including phenoxy) is 1. The Balaban J connectivity index is 1.24. The fraction of sp³-hybridized carbons (Fsp3) is 0.292. The molecule has 2 aromatic heterocycles. The van der Waals surface area contributed by atoms with Crippen molar-refractivity contribution in [2.24, 2.45) is 4.99 Å². The van der Waals surface area contributed by atoms with Crippen LogP contribution >= 0.6 is 0 Å². The predicted molar refractivity (Wildman–Crippen MR) is 123 cm³/mol. The van der Waals surface area contributed by atoms with E-state index in [4.69, 9.17) is 4.74 Å². The molecule has 1 fully saturated rings. The maximum Gasteiger partial charge on any atom is 0.194 e. The van der Waals surface area contributed by atoms with E-state index in [0.29, 0.717) is 13.2 Å². The highest BCUT2D eigenvalue weighted by atomic mass is 16.5. The zero-order chi connectivity index (χ0) is 21.3. The second-order valence-electron chi connectivity index (χ2n) is 7.32. The SMILES string of the molecule is CN=C(NCc1ccc(OCc2ccccn2)cc1)N1CCN(c2ccccn2)CC1. The number of aromatic nitrogens is 2. The van der Waals surface area contributed by atoms with Gasteiger partial charge in [0.1, 0.15) is 18.2 Å². The standard InChI is InChI=1S/C24H28N6O/c1-25-24(30-16-14-29(15-17-30)23-7-3-5-13-27-23)28-18-20-8-10-22(11-9-20)31-19-21-6-2-4-12-26-21/h2-13H,14-19H2,1H3,(H,25,28). The molecule has 0 radical (unpaired) electrons. The molecule has 1 aromatic carbocycles. The summed E-state index contributed by atoms with van der Waals surface area (Å²) >= 11 is 0. The van der Waals surface area contributed by atoms with Crippen molar-refractivity contribution in [3.8, 4) is 5.75 Å². The first-order valence-corrected chi connectivity index (χ1v) is 10.5. The number of nitrogens with zero attached hydrogens (tertiary/aromatic N) is 5. The largest absolute Gasteiger partial charge is 0.487 e. The average molecular weight is 417 g/mol. The molecule has 7 nitrogen and oxygen atoms in total. The third-order valence-corrected chi connectivity index (χ3v) is 5.25. The molecule has 0 saturated carbocycles. The van der Waals surface area contributed by atoms with Gasteiger partial charge >= 0.3 is 0 Å². The minimum atomic E-state index is 0.468. The highest BCUT2D eigenvalue weighted by Gasteiger charge is 2.20. The van der Waals surface area contributed by atoms with Crippen molar-refractivity contribution < 1.29 is 4.74 Å². The number of hydrogen-bond donors (Lipinski definition) is 1. The van der Waals surface area contributed by atoms with E-state index in [1.807, 2.05) is 55.7 Å². The quantitative estimate of drug-likeness (QED) is 0.492. The van der Waals surface area contributed by atoms with Crippen LogP contribution in [0, 0.1) is 0 Å². The Morgan fingerprint density at radius 1 is 0.935 bits per heavy atom. The number of guanidine groups is 1. The summed E-state index contributed by atoms with van der Waals surface area (Å²) in [5, 5.41) is 3.48. The Hall–Kier alpha value is -3.61. The van der Waals surface area contributed by atoms with Gasteiger partial charge in [0, 0.05) is 52.2 Å². The third kappa shape index (κ3) is 5.72. The second kappa shape index (κ2) is 10.4. The zero-order valence-electron chi connectivity index (χ0n) is 17.8. The molecule has 0 bridgehead atoms. The molecule has 1 aliphatic heterocycles. The van der Waals surface area contributed by atoms with Crippen LogP contribution in [0.15, 0.2) is 78.0 Å². The number of hydrogen-bond acceptors (Lipinski definition) is 5. The van der Waals surface area contributed by atoms with Crippen LogP contribution in [0.2, 0.25) is 0 Å². The van der Waals surface area contributed by atoms with E-state index in [0.717, 1.165) is 49.4 Å². The normalized spacial score (nSPS) is 14.4. The Morgan fingerprint density at radius 3 is 2.32 bits per heavy atom. The van der Waals surface area contributed by atoms with Crippen LogP contribution in [-0.4, -0.2) is 54.1 Å². The average Bonchev–Trinajstić information content (AvgIpc) is 2.85. The van der Waals surface area contributed by atoms with E-state index in [1.165, 1.54) is 5.56 Å². The molecule has 0 amide bonds. The zero-order valence-corrected chi connectivity index (χ0v) is 17.8. The number of anilines is 1. The summed E-state index contributed by atoms with van der Waals surface area (Å²) in [5.74, 6) is 2.80. The molecular formula is C24H28N6O. The number of benzene rings is 1. The van der Waals surface area contributed by atoms with Crippen molar-refractivity contribution >= 4 is 11.8 Å². The molecule has 3 aromatic rings. The van der Waals surface area contributed by atoms with Gasteiger partial charge in [-0.25, -0.2) is 4.98 Å². The molecule has 1 aliphatic rings. The van der Waals surface area contributed by atoms with Crippen LogP contribution in [0.25, 0.3) is 0 Å². The van der Waals surface area contributed by atoms with Crippen molar-refractivity contribution in [1.29, 1.82) is 0 Å². The molecule has 4 rings (SSSR count). The summed E-state index contributed by atoms with van der Waals surface area (Å²) in [6, 6.07) is 20.0. The van der Waals surface area contributed by atoms with Gasteiger partial charge in [0.2, 0.25) is 0 Å². The highest BCUT2D eigenvalue weighted by molar-refractivity contribution is 5.80. The molecule has 1 saturated heterocycles. The molecule has 7 heteroatoms. The summed E-state index contributed by atoms with van der Waals surface area (Å²) in [7, 11) is 1.84. The van der Waals surface area contributed by atoms with Gasteiger partial charge in [-0.1, -0.05) is 24.3 Å². The van der Waals surface area contributed by atoms with Crippen molar-refractivity contribution in [3.05, 3.63) is 84.3 Å². The first-order valence-electron chi connectivity index (χ1n) is 10.5. The Bertz CT molecular complexity index is 954. The lowest BCUT2D eigenvalue weighted by atomic mass is 10.2. The van der Waals surface area contributed by atoms with E-state index in [-0.39, 0.29) is 0 Å². The number of rotatable bonds is 6. The van der Waals surface area contributed by atoms with Crippen LogP contribution in [0.4, 0.5) is 5.82 Å². The molecule has 1 N–H and O–H groups in total. The molecule has 0 atom stereocenters. The molecule has 0 spiro atoms. The van der Waals surface area contributed by atoms with E-state index in [2.05, 4.69) is 48.3 Å². The Kier molecular flexibility index (Phi) is 6.95. The van der Waals surface area contributed by atoms with Crippen LogP contribution in [0.5, 0.6) is 5.75 Å².